The predicted molar refractivity (Wildman–Crippen MR) is 118 cm³/mol. The highest BCUT2D eigenvalue weighted by molar-refractivity contribution is 5.65. The summed E-state index contributed by atoms with van der Waals surface area (Å²) in [6, 6.07) is 7.54. The van der Waals surface area contributed by atoms with Crippen molar-refractivity contribution in [2.24, 2.45) is 0 Å². The third kappa shape index (κ3) is 3.78. The zero-order valence-electron chi connectivity index (χ0n) is 18.6. The van der Waals surface area contributed by atoms with Crippen molar-refractivity contribution in [3.8, 4) is 16.9 Å². The van der Waals surface area contributed by atoms with Gasteiger partial charge < -0.3 is 14.2 Å². The molecule has 1 saturated carbocycles. The van der Waals surface area contributed by atoms with Crippen molar-refractivity contribution >= 4 is 5.65 Å². The van der Waals surface area contributed by atoms with Crippen molar-refractivity contribution in [2.75, 3.05) is 0 Å². The first kappa shape index (κ1) is 22.8. The van der Waals surface area contributed by atoms with E-state index in [9.17, 15) is 22.7 Å². The number of rotatable bonds is 5. The first-order valence-electron chi connectivity index (χ1n) is 11.3. The minimum absolute atomic E-state index is 0.0135. The maximum Gasteiger partial charge on any atom is 0.387 e. The number of pyridine rings is 1. The van der Waals surface area contributed by atoms with Crippen LogP contribution in [0.3, 0.4) is 0 Å². The van der Waals surface area contributed by atoms with E-state index in [0.717, 1.165) is 0 Å². The van der Waals surface area contributed by atoms with Gasteiger partial charge in [0, 0.05) is 66.0 Å². The average molecular weight is 502 g/mol. The lowest BCUT2D eigenvalue weighted by molar-refractivity contribution is -0.0885. The largest absolute Gasteiger partial charge is 0.435 e. The molecular formula is C25H19F5N4O2. The number of para-hydroxylation sites is 1. The van der Waals surface area contributed by atoms with Crippen molar-refractivity contribution in [2.45, 2.75) is 49.7 Å². The molecule has 2 aliphatic rings. The molecule has 1 N–H and O–H groups in total. The normalized spacial score (nSPS) is 21.1. The zero-order valence-corrected chi connectivity index (χ0v) is 18.6. The second kappa shape index (κ2) is 8.22. The summed E-state index contributed by atoms with van der Waals surface area (Å²) in [7, 11) is 0. The molecule has 0 aliphatic heterocycles. The van der Waals surface area contributed by atoms with Crippen LogP contribution >= 0.6 is 0 Å². The molecule has 2 atom stereocenters. The molecule has 0 spiro atoms. The zero-order chi connectivity index (χ0) is 25.2. The molecule has 6 nitrogen and oxygen atoms in total. The van der Waals surface area contributed by atoms with E-state index in [-0.39, 0.29) is 42.0 Å². The number of aliphatic hydroxyl groups is 1. The van der Waals surface area contributed by atoms with E-state index >= 15 is 4.39 Å². The van der Waals surface area contributed by atoms with E-state index in [1.165, 1.54) is 30.7 Å². The number of aliphatic hydroxyl groups excluding tert-OH is 1. The number of fused-ring (bicyclic) bond motifs is 3. The topological polar surface area (TPSA) is 72.5 Å². The maximum absolute atomic E-state index is 15.1. The van der Waals surface area contributed by atoms with Crippen molar-refractivity contribution in [1.29, 1.82) is 0 Å². The van der Waals surface area contributed by atoms with Crippen LogP contribution in [0.4, 0.5) is 22.0 Å². The molecule has 0 unspecified atom stereocenters. The number of alkyl halides is 4. The summed E-state index contributed by atoms with van der Waals surface area (Å²) >= 11 is 0. The van der Waals surface area contributed by atoms with Gasteiger partial charge in [-0.25, -0.2) is 28.1 Å². The van der Waals surface area contributed by atoms with Crippen LogP contribution in [0, 0.1) is 5.82 Å². The molecule has 186 valence electrons. The summed E-state index contributed by atoms with van der Waals surface area (Å²) in [5.41, 5.74) is 2.05. The van der Waals surface area contributed by atoms with Gasteiger partial charge in [0.15, 0.2) is 0 Å². The Morgan fingerprint density at radius 2 is 1.83 bits per heavy atom. The van der Waals surface area contributed by atoms with Gasteiger partial charge in [-0.15, -0.1) is 0 Å². The molecule has 3 heterocycles. The highest BCUT2D eigenvalue weighted by atomic mass is 19.3. The van der Waals surface area contributed by atoms with E-state index in [1.54, 1.807) is 22.6 Å². The van der Waals surface area contributed by atoms with E-state index in [0.29, 0.717) is 22.5 Å². The lowest BCUT2D eigenvalue weighted by atomic mass is 9.81. The minimum Gasteiger partial charge on any atom is -0.435 e. The van der Waals surface area contributed by atoms with E-state index in [1.807, 2.05) is 0 Å². The Morgan fingerprint density at radius 3 is 2.53 bits per heavy atom. The number of aromatic nitrogens is 4. The number of benzene rings is 1. The maximum atomic E-state index is 15.1. The lowest BCUT2D eigenvalue weighted by Gasteiger charge is -2.33. The van der Waals surface area contributed by atoms with Crippen LogP contribution in [-0.4, -0.2) is 37.0 Å². The van der Waals surface area contributed by atoms with Crippen molar-refractivity contribution in [3.63, 3.8) is 0 Å². The van der Waals surface area contributed by atoms with Gasteiger partial charge in [0.1, 0.15) is 23.0 Å². The SMILES string of the molecule is O[C@@H]1C[C@H](c2ccccc2OC(F)F)c2c1nc1cc(F)c(-c3cnc(C4CC(F)(F)C4)nc3)cn21. The van der Waals surface area contributed by atoms with Crippen LogP contribution in [0.2, 0.25) is 0 Å². The third-order valence-electron chi connectivity index (χ3n) is 6.83. The third-order valence-corrected chi connectivity index (χ3v) is 6.83. The second-order valence-electron chi connectivity index (χ2n) is 9.16. The molecule has 0 saturated heterocycles. The number of imidazole rings is 1. The van der Waals surface area contributed by atoms with Gasteiger partial charge in [0.25, 0.3) is 0 Å². The molecule has 1 fully saturated rings. The Morgan fingerprint density at radius 1 is 1.11 bits per heavy atom. The van der Waals surface area contributed by atoms with Gasteiger partial charge in [0.05, 0.1) is 17.5 Å². The smallest absolute Gasteiger partial charge is 0.387 e. The fourth-order valence-electron chi connectivity index (χ4n) is 5.13. The van der Waals surface area contributed by atoms with E-state index in [4.69, 9.17) is 4.74 Å². The average Bonchev–Trinajstić information content (AvgIpc) is 3.34. The number of halogens is 5. The van der Waals surface area contributed by atoms with Gasteiger partial charge in [0.2, 0.25) is 5.92 Å². The molecule has 36 heavy (non-hydrogen) atoms. The number of hydrogen-bond donors (Lipinski definition) is 1. The molecule has 0 radical (unpaired) electrons. The molecular weight excluding hydrogens is 483 g/mol. The van der Waals surface area contributed by atoms with Gasteiger partial charge in [-0.05, 0) is 12.5 Å². The standard InChI is InChI=1S/C25H19F5N4O2/c26-17-6-20-33-21-18(35)5-15(14-3-1-2-4-19(14)36-24(27)28)22(21)34(20)11-16(17)13-9-31-23(32-10-13)12-7-25(29,30)8-12/h1-4,6,9-12,15,18,24,35H,5,7-8H2/t15-,18-/m1/s1. The van der Waals surface area contributed by atoms with Gasteiger partial charge in [-0.3, -0.25) is 0 Å². The number of hydrogen-bond acceptors (Lipinski definition) is 5. The first-order chi connectivity index (χ1) is 17.2. The van der Waals surface area contributed by atoms with Crippen molar-refractivity contribution < 1.29 is 31.8 Å². The Balaban J connectivity index is 1.41. The van der Waals surface area contributed by atoms with Crippen molar-refractivity contribution in [1.82, 2.24) is 19.4 Å². The fourth-order valence-corrected chi connectivity index (χ4v) is 5.13. The fraction of sp³-hybridized carbons (Fsp3) is 0.320. The Bertz CT molecular complexity index is 1450. The molecule has 4 aromatic rings. The van der Waals surface area contributed by atoms with Crippen LogP contribution in [0.5, 0.6) is 5.75 Å². The first-order valence-corrected chi connectivity index (χ1v) is 11.3. The van der Waals surface area contributed by atoms with Gasteiger partial charge >= 0.3 is 6.61 Å². The summed E-state index contributed by atoms with van der Waals surface area (Å²) in [4.78, 5) is 12.7. The summed E-state index contributed by atoms with van der Waals surface area (Å²) in [6.07, 6.45) is 2.87. The highest BCUT2D eigenvalue weighted by Gasteiger charge is 2.47. The Labute approximate surface area is 201 Å². The van der Waals surface area contributed by atoms with Gasteiger partial charge in [-0.1, -0.05) is 18.2 Å². The van der Waals surface area contributed by atoms with Gasteiger partial charge in [-0.2, -0.15) is 8.78 Å². The summed E-state index contributed by atoms with van der Waals surface area (Å²) in [6.45, 7) is -3.02. The lowest BCUT2D eigenvalue weighted by Crippen LogP contribution is -2.34. The van der Waals surface area contributed by atoms with Crippen LogP contribution < -0.4 is 4.74 Å². The quantitative estimate of drug-likeness (QED) is 0.359. The molecule has 6 rings (SSSR count). The molecule has 0 amide bonds. The Kier molecular flexibility index (Phi) is 5.22. The summed E-state index contributed by atoms with van der Waals surface area (Å²) < 4.78 is 73.8. The molecule has 0 bridgehead atoms. The number of nitrogens with zero attached hydrogens (tertiary/aromatic N) is 4. The predicted octanol–water partition coefficient (Wildman–Crippen LogP) is 5.61. The van der Waals surface area contributed by atoms with Crippen LogP contribution in [0.25, 0.3) is 16.8 Å². The number of ether oxygens (including phenoxy) is 1. The molecule has 11 heteroatoms. The van der Waals surface area contributed by atoms with Crippen LogP contribution in [0.1, 0.15) is 60.0 Å². The molecule has 3 aromatic heterocycles. The van der Waals surface area contributed by atoms with Crippen LogP contribution in [-0.2, 0) is 0 Å². The van der Waals surface area contributed by atoms with E-state index < -0.39 is 36.3 Å². The Hall–Kier alpha value is -3.60. The van der Waals surface area contributed by atoms with E-state index in [2.05, 4.69) is 15.0 Å². The van der Waals surface area contributed by atoms with Crippen molar-refractivity contribution in [3.05, 3.63) is 77.5 Å². The highest BCUT2D eigenvalue weighted by Crippen LogP contribution is 2.48. The monoisotopic (exact) mass is 502 g/mol. The molecule has 1 aromatic carbocycles. The molecule has 2 aliphatic carbocycles. The van der Waals surface area contributed by atoms with Crippen LogP contribution in [0.15, 0.2) is 48.9 Å². The minimum atomic E-state index is -3.02. The second-order valence-corrected chi connectivity index (χ2v) is 9.16. The summed E-state index contributed by atoms with van der Waals surface area (Å²) in [5, 5.41) is 10.7. The summed E-state index contributed by atoms with van der Waals surface area (Å²) in [5.74, 6) is -4.00.